The first-order valence-corrected chi connectivity index (χ1v) is 7.88. The molecule has 1 amide bonds. The van der Waals surface area contributed by atoms with Crippen LogP contribution in [0.15, 0.2) is 36.7 Å². The molecule has 1 aliphatic rings. The van der Waals surface area contributed by atoms with Crippen LogP contribution in [0.25, 0.3) is 0 Å². The molecule has 2 aromatic rings. The van der Waals surface area contributed by atoms with Crippen LogP contribution >= 0.6 is 0 Å². The van der Waals surface area contributed by atoms with E-state index in [4.69, 9.17) is 0 Å². The van der Waals surface area contributed by atoms with Crippen LogP contribution in [-0.4, -0.2) is 33.7 Å². The summed E-state index contributed by atoms with van der Waals surface area (Å²) in [7, 11) is 0. The normalized spacial score (nSPS) is 16.4. The minimum Gasteiger partial charge on any atom is -0.354 e. The Bertz CT molecular complexity index is 743. The Labute approximate surface area is 139 Å². The fourth-order valence-electron chi connectivity index (χ4n) is 2.86. The van der Waals surface area contributed by atoms with Crippen molar-refractivity contribution in [2.45, 2.75) is 25.4 Å². The lowest BCUT2D eigenvalue weighted by molar-refractivity contribution is -0.385. The third kappa shape index (κ3) is 3.77. The van der Waals surface area contributed by atoms with E-state index >= 15 is 0 Å². The van der Waals surface area contributed by atoms with Crippen molar-refractivity contribution in [3.05, 3.63) is 57.9 Å². The molecule has 8 heteroatoms. The molecule has 1 unspecified atom stereocenters. The van der Waals surface area contributed by atoms with Gasteiger partial charge in [0.2, 0.25) is 5.91 Å². The number of aromatic nitrogens is 2. The van der Waals surface area contributed by atoms with Crippen LogP contribution in [0.4, 0.5) is 5.69 Å². The number of nitrogens with one attached hydrogen (secondary N) is 2. The number of amides is 1. The molecule has 2 heterocycles. The standard InChI is InChI=1S/C16H19N5O3/c22-16(6-8-20-11-13(9-19-20)21(23)24)18-10-15-14-4-2-1-3-12(14)5-7-17-15/h1-4,9,11,15,17H,5-8,10H2,(H,18,22). The van der Waals surface area contributed by atoms with E-state index in [9.17, 15) is 14.9 Å². The van der Waals surface area contributed by atoms with E-state index < -0.39 is 4.92 Å². The molecule has 1 atom stereocenters. The molecule has 1 aromatic carbocycles. The van der Waals surface area contributed by atoms with E-state index in [0.29, 0.717) is 13.1 Å². The summed E-state index contributed by atoms with van der Waals surface area (Å²) in [4.78, 5) is 22.1. The first-order valence-electron chi connectivity index (χ1n) is 7.88. The van der Waals surface area contributed by atoms with Crippen molar-refractivity contribution in [2.24, 2.45) is 0 Å². The number of aryl methyl sites for hydroxylation is 1. The van der Waals surface area contributed by atoms with Gasteiger partial charge >= 0.3 is 5.69 Å². The number of rotatable bonds is 6. The predicted octanol–water partition coefficient (Wildman–Crippen LogP) is 1.18. The quantitative estimate of drug-likeness (QED) is 0.612. The molecule has 126 valence electrons. The van der Waals surface area contributed by atoms with Crippen LogP contribution in [0.2, 0.25) is 0 Å². The lowest BCUT2D eigenvalue weighted by Crippen LogP contribution is -2.39. The summed E-state index contributed by atoms with van der Waals surface area (Å²) >= 11 is 0. The second-order valence-electron chi connectivity index (χ2n) is 5.73. The highest BCUT2D eigenvalue weighted by atomic mass is 16.6. The van der Waals surface area contributed by atoms with Crippen molar-refractivity contribution in [3.8, 4) is 0 Å². The van der Waals surface area contributed by atoms with E-state index in [1.54, 1.807) is 0 Å². The second-order valence-corrected chi connectivity index (χ2v) is 5.73. The maximum Gasteiger partial charge on any atom is 0.306 e. The van der Waals surface area contributed by atoms with Crippen molar-refractivity contribution in [1.82, 2.24) is 20.4 Å². The number of fused-ring (bicyclic) bond motifs is 1. The smallest absolute Gasteiger partial charge is 0.306 e. The molecule has 2 N–H and O–H groups in total. The summed E-state index contributed by atoms with van der Waals surface area (Å²) in [6.07, 6.45) is 3.74. The number of benzene rings is 1. The maximum absolute atomic E-state index is 12.0. The first-order chi connectivity index (χ1) is 11.6. The molecule has 0 fully saturated rings. The van der Waals surface area contributed by atoms with Gasteiger partial charge in [-0.3, -0.25) is 19.6 Å². The zero-order valence-corrected chi connectivity index (χ0v) is 13.1. The van der Waals surface area contributed by atoms with Gasteiger partial charge in [-0.15, -0.1) is 0 Å². The van der Waals surface area contributed by atoms with Crippen LogP contribution in [0.3, 0.4) is 0 Å². The zero-order chi connectivity index (χ0) is 16.9. The molecule has 8 nitrogen and oxygen atoms in total. The number of hydrogen-bond donors (Lipinski definition) is 2. The molecular formula is C16H19N5O3. The molecule has 0 bridgehead atoms. The molecule has 0 saturated heterocycles. The summed E-state index contributed by atoms with van der Waals surface area (Å²) in [6.45, 7) is 1.73. The average Bonchev–Trinajstić information content (AvgIpc) is 3.07. The lowest BCUT2D eigenvalue weighted by atomic mass is 9.94. The van der Waals surface area contributed by atoms with Crippen LogP contribution in [0.5, 0.6) is 0 Å². The summed E-state index contributed by atoms with van der Waals surface area (Å²) in [5, 5.41) is 20.8. The second kappa shape index (κ2) is 7.22. The van der Waals surface area contributed by atoms with Gasteiger partial charge in [0.1, 0.15) is 12.4 Å². The van der Waals surface area contributed by atoms with E-state index in [-0.39, 0.29) is 24.1 Å². The SMILES string of the molecule is O=C(CCn1cc([N+](=O)[O-])cn1)NCC1NCCc2ccccc21. The van der Waals surface area contributed by atoms with Gasteiger partial charge in [-0.1, -0.05) is 24.3 Å². The molecule has 0 saturated carbocycles. The van der Waals surface area contributed by atoms with Crippen LogP contribution < -0.4 is 10.6 Å². The number of hydrogen-bond acceptors (Lipinski definition) is 5. The van der Waals surface area contributed by atoms with Gasteiger partial charge in [0.05, 0.1) is 4.92 Å². The lowest BCUT2D eigenvalue weighted by Gasteiger charge is -2.27. The Morgan fingerprint density at radius 1 is 1.46 bits per heavy atom. The van der Waals surface area contributed by atoms with E-state index in [1.165, 1.54) is 28.2 Å². The van der Waals surface area contributed by atoms with Crippen molar-refractivity contribution < 1.29 is 9.72 Å². The fraction of sp³-hybridized carbons (Fsp3) is 0.375. The minimum absolute atomic E-state index is 0.0709. The highest BCUT2D eigenvalue weighted by molar-refractivity contribution is 5.75. The molecule has 0 aliphatic carbocycles. The number of carbonyl (C=O) groups is 1. The Balaban J connectivity index is 1.48. The third-order valence-corrected chi connectivity index (χ3v) is 4.12. The van der Waals surface area contributed by atoms with Crippen LogP contribution in [0.1, 0.15) is 23.6 Å². The topological polar surface area (TPSA) is 102 Å². The number of carbonyl (C=O) groups excluding carboxylic acids is 1. The largest absolute Gasteiger partial charge is 0.354 e. The van der Waals surface area contributed by atoms with Gasteiger partial charge in [0, 0.05) is 25.6 Å². The van der Waals surface area contributed by atoms with Gasteiger partial charge in [-0.2, -0.15) is 5.10 Å². The number of nitro groups is 1. The molecular weight excluding hydrogens is 310 g/mol. The minimum atomic E-state index is -0.504. The molecule has 1 aliphatic heterocycles. The molecule has 0 spiro atoms. The molecule has 1 aromatic heterocycles. The third-order valence-electron chi connectivity index (χ3n) is 4.12. The Morgan fingerprint density at radius 3 is 3.08 bits per heavy atom. The van der Waals surface area contributed by atoms with Gasteiger partial charge in [0.15, 0.2) is 0 Å². The summed E-state index contributed by atoms with van der Waals surface area (Å²) in [5.41, 5.74) is 2.48. The van der Waals surface area contributed by atoms with Gasteiger partial charge in [-0.05, 0) is 24.1 Å². The van der Waals surface area contributed by atoms with Gasteiger partial charge in [-0.25, -0.2) is 0 Å². The molecule has 24 heavy (non-hydrogen) atoms. The monoisotopic (exact) mass is 329 g/mol. The van der Waals surface area contributed by atoms with Crippen molar-refractivity contribution in [2.75, 3.05) is 13.1 Å². The predicted molar refractivity (Wildman–Crippen MR) is 87.4 cm³/mol. The van der Waals surface area contributed by atoms with E-state index in [1.807, 2.05) is 12.1 Å². The zero-order valence-electron chi connectivity index (χ0n) is 13.1. The summed E-state index contributed by atoms with van der Waals surface area (Å²) < 4.78 is 1.41. The van der Waals surface area contributed by atoms with Crippen LogP contribution in [-0.2, 0) is 17.8 Å². The summed E-state index contributed by atoms with van der Waals surface area (Å²) in [6, 6.07) is 8.36. The maximum atomic E-state index is 12.0. The molecule has 0 radical (unpaired) electrons. The van der Waals surface area contributed by atoms with Gasteiger partial charge in [0.25, 0.3) is 0 Å². The van der Waals surface area contributed by atoms with Crippen molar-refractivity contribution in [3.63, 3.8) is 0 Å². The fourth-order valence-corrected chi connectivity index (χ4v) is 2.86. The Morgan fingerprint density at radius 2 is 2.29 bits per heavy atom. The Hall–Kier alpha value is -2.74. The highest BCUT2D eigenvalue weighted by Crippen LogP contribution is 2.21. The Kier molecular flexibility index (Phi) is 4.85. The number of nitrogens with zero attached hydrogens (tertiary/aromatic N) is 3. The van der Waals surface area contributed by atoms with Gasteiger partial charge < -0.3 is 10.6 Å². The molecule has 3 rings (SSSR count). The highest BCUT2D eigenvalue weighted by Gasteiger charge is 2.19. The summed E-state index contributed by atoms with van der Waals surface area (Å²) in [5.74, 6) is -0.0991. The first kappa shape index (κ1) is 16.1. The van der Waals surface area contributed by atoms with E-state index in [2.05, 4.69) is 27.9 Å². The van der Waals surface area contributed by atoms with E-state index in [0.717, 1.165) is 13.0 Å². The van der Waals surface area contributed by atoms with Crippen molar-refractivity contribution >= 4 is 11.6 Å². The average molecular weight is 329 g/mol. The van der Waals surface area contributed by atoms with Crippen LogP contribution in [0, 0.1) is 10.1 Å². The van der Waals surface area contributed by atoms with Crippen molar-refractivity contribution in [1.29, 1.82) is 0 Å².